The lowest BCUT2D eigenvalue weighted by Crippen LogP contribution is -2.28. The molecule has 9 nitrogen and oxygen atoms in total. The van der Waals surface area contributed by atoms with E-state index in [1.807, 2.05) is 6.92 Å². The minimum Gasteiger partial charge on any atom is -0.447 e. The van der Waals surface area contributed by atoms with Gasteiger partial charge in [-0.2, -0.15) is 0 Å². The Labute approximate surface area is 189 Å². The van der Waals surface area contributed by atoms with Crippen LogP contribution < -0.4 is 15.8 Å². The molecule has 1 amide bonds. The van der Waals surface area contributed by atoms with E-state index in [-0.39, 0.29) is 11.0 Å². The zero-order valence-corrected chi connectivity index (χ0v) is 19.2. The van der Waals surface area contributed by atoms with Gasteiger partial charge in [0.25, 0.3) is 0 Å². The molecule has 1 aromatic heterocycles. The van der Waals surface area contributed by atoms with E-state index in [2.05, 4.69) is 20.6 Å². The van der Waals surface area contributed by atoms with Gasteiger partial charge in [-0.25, -0.2) is 28.3 Å². The maximum atomic E-state index is 12.0. The van der Waals surface area contributed by atoms with Gasteiger partial charge in [-0.05, 0) is 74.8 Å². The van der Waals surface area contributed by atoms with Crippen molar-refractivity contribution in [2.75, 3.05) is 11.9 Å². The van der Waals surface area contributed by atoms with Gasteiger partial charge in [0.1, 0.15) is 6.10 Å². The number of carbonyl (C=O) groups is 1. The van der Waals surface area contributed by atoms with Gasteiger partial charge in [-0.1, -0.05) is 12.8 Å². The fourth-order valence-electron chi connectivity index (χ4n) is 3.67. The Kier molecular flexibility index (Phi) is 8.40. The number of nitrogens with zero attached hydrogens (tertiary/aromatic N) is 2. The third kappa shape index (κ3) is 7.45. The summed E-state index contributed by atoms with van der Waals surface area (Å²) in [5.41, 5.74) is 2.36. The second-order valence-electron chi connectivity index (χ2n) is 8.11. The van der Waals surface area contributed by atoms with Gasteiger partial charge >= 0.3 is 6.09 Å². The molecule has 2 aliphatic rings. The number of benzene rings is 1. The smallest absolute Gasteiger partial charge is 0.407 e. The van der Waals surface area contributed by atoms with Crippen LogP contribution in [0.1, 0.15) is 56.6 Å². The van der Waals surface area contributed by atoms with Gasteiger partial charge in [0.15, 0.2) is 0 Å². The fourth-order valence-corrected chi connectivity index (χ4v) is 4.45. The Morgan fingerprint density at radius 1 is 1.06 bits per heavy atom. The second kappa shape index (κ2) is 11.2. The number of nitrogens with two attached hydrogens (primary N) is 1. The molecular weight excluding hydrogens is 430 g/mol. The van der Waals surface area contributed by atoms with E-state index in [1.165, 1.54) is 6.07 Å². The number of hydrogen-bond acceptors (Lipinski definition) is 7. The van der Waals surface area contributed by atoms with Crippen molar-refractivity contribution < 1.29 is 17.9 Å². The molecule has 3 heterocycles. The SMILES string of the molecule is C[C@@H]1CCCc2cnc(nc2)Nc2ccc(S(N)(=O)=O)c(c2)CCCCCCNC(=O)O1. The van der Waals surface area contributed by atoms with E-state index in [9.17, 15) is 13.2 Å². The summed E-state index contributed by atoms with van der Waals surface area (Å²) >= 11 is 0. The Hall–Kier alpha value is -2.72. The minimum absolute atomic E-state index is 0.135. The molecule has 0 spiro atoms. The number of fused-ring (bicyclic) bond motifs is 14. The van der Waals surface area contributed by atoms with Crippen molar-refractivity contribution in [2.24, 2.45) is 5.14 Å². The number of aromatic nitrogens is 2. The standard InChI is InChI=1S/C22H31N5O4S/c1-16-7-6-8-17-14-25-21(26-15-17)27-19-10-11-20(32(23,29)30)18(13-19)9-4-2-3-5-12-24-22(28)31-16/h10-11,13-16H,2-9,12H2,1H3,(H,24,28)(H2,23,29,30)(H,25,26,27)/t16-/m1/s1. The highest BCUT2D eigenvalue weighted by atomic mass is 32.2. The molecule has 10 heteroatoms. The molecule has 174 valence electrons. The first-order valence-corrected chi connectivity index (χ1v) is 12.5. The highest BCUT2D eigenvalue weighted by molar-refractivity contribution is 7.89. The van der Waals surface area contributed by atoms with E-state index in [1.54, 1.807) is 24.5 Å². The van der Waals surface area contributed by atoms with E-state index in [0.717, 1.165) is 50.5 Å². The lowest BCUT2D eigenvalue weighted by molar-refractivity contribution is 0.101. The topological polar surface area (TPSA) is 136 Å². The van der Waals surface area contributed by atoms with E-state index < -0.39 is 16.1 Å². The first-order chi connectivity index (χ1) is 15.3. The molecule has 4 bridgehead atoms. The van der Waals surface area contributed by atoms with E-state index in [4.69, 9.17) is 9.88 Å². The Morgan fingerprint density at radius 2 is 1.81 bits per heavy atom. The number of rotatable bonds is 1. The molecule has 0 saturated carbocycles. The largest absolute Gasteiger partial charge is 0.447 e. The number of primary sulfonamides is 1. The normalized spacial score (nSPS) is 19.2. The predicted octanol–water partition coefficient (Wildman–Crippen LogP) is 3.42. The molecule has 0 radical (unpaired) electrons. The molecule has 1 atom stereocenters. The second-order valence-corrected chi connectivity index (χ2v) is 9.64. The van der Waals surface area contributed by atoms with E-state index in [0.29, 0.717) is 30.2 Å². The van der Waals surface area contributed by atoms with Crippen molar-refractivity contribution in [3.8, 4) is 0 Å². The average molecular weight is 462 g/mol. The Balaban J connectivity index is 1.77. The van der Waals surface area contributed by atoms with Crippen LogP contribution in [0.25, 0.3) is 0 Å². The number of amides is 1. The Morgan fingerprint density at radius 3 is 2.56 bits per heavy atom. The maximum absolute atomic E-state index is 12.0. The number of ether oxygens (including phenoxy) is 1. The summed E-state index contributed by atoms with van der Waals surface area (Å²) in [6.45, 7) is 2.44. The Bertz CT molecular complexity index is 1010. The van der Waals surface area contributed by atoms with Crippen LogP contribution in [-0.2, 0) is 27.6 Å². The third-order valence-corrected chi connectivity index (χ3v) is 6.37. The summed E-state index contributed by atoms with van der Waals surface area (Å²) in [6, 6.07) is 4.98. The highest BCUT2D eigenvalue weighted by Crippen LogP contribution is 2.23. The summed E-state index contributed by atoms with van der Waals surface area (Å²) in [5, 5.41) is 11.3. The zero-order valence-electron chi connectivity index (χ0n) is 18.3. The fraction of sp³-hybridized carbons (Fsp3) is 0.500. The summed E-state index contributed by atoms with van der Waals surface area (Å²) in [5.74, 6) is 0.433. The quantitative estimate of drug-likeness (QED) is 0.592. The lowest BCUT2D eigenvalue weighted by atomic mass is 10.1. The number of hydrogen-bond donors (Lipinski definition) is 3. The van der Waals surface area contributed by atoms with Gasteiger partial charge in [0, 0.05) is 24.6 Å². The number of aryl methyl sites for hydroxylation is 2. The molecule has 2 aromatic rings. The average Bonchev–Trinajstić information content (AvgIpc) is 2.73. The predicted molar refractivity (Wildman–Crippen MR) is 122 cm³/mol. The van der Waals surface area contributed by atoms with Crippen molar-refractivity contribution in [3.63, 3.8) is 0 Å². The van der Waals surface area contributed by atoms with Crippen LogP contribution in [0, 0.1) is 0 Å². The molecule has 4 N–H and O–H groups in total. The first-order valence-electron chi connectivity index (χ1n) is 11.0. The van der Waals surface area contributed by atoms with Crippen LogP contribution in [0.3, 0.4) is 0 Å². The van der Waals surface area contributed by atoms with Crippen LogP contribution in [0.5, 0.6) is 0 Å². The molecule has 1 aromatic carbocycles. The van der Waals surface area contributed by atoms with E-state index >= 15 is 0 Å². The summed E-state index contributed by atoms with van der Waals surface area (Å²) in [6.07, 6.45) is 9.38. The van der Waals surface area contributed by atoms with Crippen molar-refractivity contribution in [1.29, 1.82) is 0 Å². The van der Waals surface area contributed by atoms with Gasteiger partial charge in [0.05, 0.1) is 4.90 Å². The van der Waals surface area contributed by atoms with Crippen LogP contribution in [-0.4, -0.2) is 37.1 Å². The van der Waals surface area contributed by atoms with Crippen molar-refractivity contribution in [2.45, 2.75) is 69.3 Å². The van der Waals surface area contributed by atoms with Crippen molar-refractivity contribution >= 4 is 27.8 Å². The highest BCUT2D eigenvalue weighted by Gasteiger charge is 2.15. The summed E-state index contributed by atoms with van der Waals surface area (Å²) < 4.78 is 29.4. The lowest BCUT2D eigenvalue weighted by Gasteiger charge is -2.14. The monoisotopic (exact) mass is 461 g/mol. The molecule has 0 unspecified atom stereocenters. The number of carbonyl (C=O) groups excluding carboxylic acids is 1. The molecule has 4 rings (SSSR count). The van der Waals surface area contributed by atoms with Crippen LogP contribution in [0.15, 0.2) is 35.5 Å². The molecule has 0 fully saturated rings. The number of anilines is 2. The van der Waals surface area contributed by atoms with Crippen LogP contribution in [0.4, 0.5) is 16.4 Å². The molecule has 2 aliphatic heterocycles. The molecule has 0 saturated heterocycles. The first kappa shape index (κ1) is 23.9. The molecule has 32 heavy (non-hydrogen) atoms. The van der Waals surface area contributed by atoms with Gasteiger partial charge in [0.2, 0.25) is 16.0 Å². The van der Waals surface area contributed by atoms with Gasteiger partial charge < -0.3 is 15.4 Å². The van der Waals surface area contributed by atoms with Crippen LogP contribution in [0.2, 0.25) is 0 Å². The van der Waals surface area contributed by atoms with Crippen LogP contribution >= 0.6 is 0 Å². The van der Waals surface area contributed by atoms with Crippen molar-refractivity contribution in [3.05, 3.63) is 41.7 Å². The number of sulfonamides is 1. The zero-order chi connectivity index (χ0) is 23.0. The van der Waals surface area contributed by atoms with Crippen molar-refractivity contribution in [1.82, 2.24) is 15.3 Å². The maximum Gasteiger partial charge on any atom is 0.407 e. The minimum atomic E-state index is -3.82. The number of nitrogens with one attached hydrogen (secondary N) is 2. The summed E-state index contributed by atoms with van der Waals surface area (Å²) in [4.78, 5) is 20.8. The van der Waals surface area contributed by atoms with Gasteiger partial charge in [-0.15, -0.1) is 0 Å². The van der Waals surface area contributed by atoms with Gasteiger partial charge in [-0.3, -0.25) is 0 Å². The number of alkyl carbamates (subject to hydrolysis) is 1. The molecule has 0 aliphatic carbocycles. The molecular formula is C22H31N5O4S. The summed E-state index contributed by atoms with van der Waals surface area (Å²) in [7, 11) is -3.82. The third-order valence-electron chi connectivity index (χ3n) is 5.36.